The van der Waals surface area contributed by atoms with Crippen LogP contribution in [-0.4, -0.2) is 24.0 Å². The number of hydrogen-bond acceptors (Lipinski definition) is 2. The number of rotatable bonds is 6. The minimum absolute atomic E-state index is 0.0827. The van der Waals surface area contributed by atoms with Gasteiger partial charge in [0.2, 0.25) is 5.91 Å². The van der Waals surface area contributed by atoms with Crippen LogP contribution in [0.25, 0.3) is 0 Å². The van der Waals surface area contributed by atoms with E-state index in [2.05, 4.69) is 31.4 Å². The fourth-order valence-corrected chi connectivity index (χ4v) is 2.85. The molecule has 0 aromatic heterocycles. The summed E-state index contributed by atoms with van der Waals surface area (Å²) < 4.78 is 0. The van der Waals surface area contributed by atoms with Gasteiger partial charge < -0.3 is 10.6 Å². The molecule has 1 aliphatic carbocycles. The molecule has 18 heavy (non-hydrogen) atoms. The maximum atomic E-state index is 12.1. The van der Waals surface area contributed by atoms with Crippen LogP contribution in [0.5, 0.6) is 0 Å². The van der Waals surface area contributed by atoms with Crippen molar-refractivity contribution in [3.8, 4) is 0 Å². The first-order valence-electron chi connectivity index (χ1n) is 7.55. The highest BCUT2D eigenvalue weighted by atomic mass is 16.2. The molecule has 1 saturated carbocycles. The van der Waals surface area contributed by atoms with Gasteiger partial charge in [-0.15, -0.1) is 0 Å². The van der Waals surface area contributed by atoms with Crippen LogP contribution in [0.3, 0.4) is 0 Å². The molecule has 0 bridgehead atoms. The molecule has 0 aromatic carbocycles. The first-order valence-corrected chi connectivity index (χ1v) is 7.55. The monoisotopic (exact) mass is 254 g/mol. The molecule has 0 radical (unpaired) electrons. The molecule has 1 amide bonds. The fourth-order valence-electron chi connectivity index (χ4n) is 2.85. The summed E-state index contributed by atoms with van der Waals surface area (Å²) in [5.74, 6) is 0.832. The lowest BCUT2D eigenvalue weighted by Crippen LogP contribution is -2.49. The van der Waals surface area contributed by atoms with E-state index in [-0.39, 0.29) is 11.9 Å². The van der Waals surface area contributed by atoms with E-state index in [1.165, 1.54) is 19.3 Å². The van der Waals surface area contributed by atoms with Gasteiger partial charge in [0.25, 0.3) is 0 Å². The molecule has 0 saturated heterocycles. The molecule has 0 aliphatic heterocycles. The van der Waals surface area contributed by atoms with Crippen LogP contribution in [0.1, 0.15) is 66.2 Å². The van der Waals surface area contributed by atoms with Gasteiger partial charge in [-0.2, -0.15) is 0 Å². The van der Waals surface area contributed by atoms with Crippen molar-refractivity contribution < 1.29 is 4.79 Å². The van der Waals surface area contributed by atoms with Gasteiger partial charge in [-0.05, 0) is 39.0 Å². The van der Waals surface area contributed by atoms with Crippen LogP contribution in [0.15, 0.2) is 0 Å². The number of hydrogen-bond donors (Lipinski definition) is 2. The Morgan fingerprint density at radius 2 is 1.72 bits per heavy atom. The molecule has 3 heteroatoms. The van der Waals surface area contributed by atoms with Gasteiger partial charge >= 0.3 is 0 Å². The Morgan fingerprint density at radius 1 is 1.11 bits per heavy atom. The molecule has 2 unspecified atom stereocenters. The summed E-state index contributed by atoms with van der Waals surface area (Å²) in [7, 11) is 0. The van der Waals surface area contributed by atoms with Crippen molar-refractivity contribution in [1.29, 1.82) is 0 Å². The molecule has 2 N–H and O–H groups in total. The van der Waals surface area contributed by atoms with Gasteiger partial charge in [-0.1, -0.05) is 33.1 Å². The zero-order valence-electron chi connectivity index (χ0n) is 12.5. The van der Waals surface area contributed by atoms with E-state index in [1.807, 2.05) is 6.92 Å². The number of nitrogens with one attached hydrogen (secondary N) is 2. The normalized spacial score (nSPS) is 20.7. The van der Waals surface area contributed by atoms with Crippen LogP contribution in [0, 0.1) is 5.92 Å². The van der Waals surface area contributed by atoms with E-state index < -0.39 is 0 Å². The number of carbonyl (C=O) groups is 1. The second-order valence-corrected chi connectivity index (χ2v) is 6.26. The minimum Gasteiger partial charge on any atom is -0.352 e. The first kappa shape index (κ1) is 15.5. The molecule has 0 heterocycles. The summed E-state index contributed by atoms with van der Waals surface area (Å²) in [6.45, 7) is 8.55. The van der Waals surface area contributed by atoms with Gasteiger partial charge in [0, 0.05) is 12.1 Å². The third kappa shape index (κ3) is 5.85. The van der Waals surface area contributed by atoms with Crippen LogP contribution >= 0.6 is 0 Å². The van der Waals surface area contributed by atoms with Crippen molar-refractivity contribution in [2.24, 2.45) is 5.92 Å². The van der Waals surface area contributed by atoms with E-state index in [9.17, 15) is 4.79 Å². The summed E-state index contributed by atoms with van der Waals surface area (Å²) >= 11 is 0. The molecule has 1 fully saturated rings. The third-order valence-electron chi connectivity index (χ3n) is 3.70. The number of carbonyl (C=O) groups excluding carboxylic acids is 1. The maximum absolute atomic E-state index is 12.1. The molecule has 106 valence electrons. The predicted octanol–water partition coefficient (Wildman–Crippen LogP) is 2.85. The molecule has 1 rings (SSSR count). The second kappa shape index (κ2) is 7.78. The lowest BCUT2D eigenvalue weighted by molar-refractivity contribution is -0.123. The smallest absolute Gasteiger partial charge is 0.237 e. The molecule has 0 aromatic rings. The largest absolute Gasteiger partial charge is 0.352 e. The lowest BCUT2D eigenvalue weighted by Gasteiger charge is -2.26. The Labute approximate surface area is 112 Å². The quantitative estimate of drug-likeness (QED) is 0.765. The zero-order valence-corrected chi connectivity index (χ0v) is 12.5. The molecule has 2 atom stereocenters. The van der Waals surface area contributed by atoms with Crippen molar-refractivity contribution in [2.45, 2.75) is 84.3 Å². The van der Waals surface area contributed by atoms with Crippen LogP contribution in [-0.2, 0) is 4.79 Å². The topological polar surface area (TPSA) is 41.1 Å². The van der Waals surface area contributed by atoms with Crippen LogP contribution < -0.4 is 10.6 Å². The highest BCUT2D eigenvalue weighted by Crippen LogP contribution is 2.17. The average Bonchev–Trinajstić information content (AvgIpc) is 2.28. The zero-order chi connectivity index (χ0) is 13.5. The minimum atomic E-state index is -0.0827. The molecule has 3 nitrogen and oxygen atoms in total. The summed E-state index contributed by atoms with van der Waals surface area (Å²) in [5.41, 5.74) is 0. The molecule has 1 aliphatic rings. The maximum Gasteiger partial charge on any atom is 0.237 e. The van der Waals surface area contributed by atoms with Crippen molar-refractivity contribution >= 4 is 5.91 Å². The van der Waals surface area contributed by atoms with E-state index in [1.54, 1.807) is 0 Å². The summed E-state index contributed by atoms with van der Waals surface area (Å²) in [6.07, 6.45) is 7.26. The van der Waals surface area contributed by atoms with Crippen molar-refractivity contribution in [1.82, 2.24) is 10.6 Å². The predicted molar refractivity (Wildman–Crippen MR) is 76.5 cm³/mol. The fraction of sp³-hybridized carbons (Fsp3) is 0.933. The molecular weight excluding hydrogens is 224 g/mol. The molecule has 0 spiro atoms. The molecular formula is C15H30N2O. The van der Waals surface area contributed by atoms with Crippen molar-refractivity contribution in [3.63, 3.8) is 0 Å². The van der Waals surface area contributed by atoms with Crippen LogP contribution in [0.4, 0.5) is 0 Å². The van der Waals surface area contributed by atoms with Crippen LogP contribution in [0.2, 0.25) is 0 Å². The summed E-state index contributed by atoms with van der Waals surface area (Å²) in [4.78, 5) is 12.1. The Hall–Kier alpha value is -0.570. The van der Waals surface area contributed by atoms with Gasteiger partial charge in [0.05, 0.1) is 6.04 Å². The standard InChI is InChI=1S/C15H30N2O/c1-11(2)10-12(3)16-13(4)15(18)17-14-8-6-5-7-9-14/h11-14,16H,5-10H2,1-4H3,(H,17,18). The van der Waals surface area contributed by atoms with Gasteiger partial charge in [-0.25, -0.2) is 0 Å². The van der Waals surface area contributed by atoms with E-state index in [0.29, 0.717) is 18.0 Å². The highest BCUT2D eigenvalue weighted by molar-refractivity contribution is 5.81. The SMILES string of the molecule is CC(C)CC(C)NC(C)C(=O)NC1CCCCC1. The summed E-state index contributed by atoms with van der Waals surface area (Å²) in [6, 6.07) is 0.730. The second-order valence-electron chi connectivity index (χ2n) is 6.26. The van der Waals surface area contributed by atoms with Gasteiger partial charge in [0.1, 0.15) is 0 Å². The Kier molecular flexibility index (Phi) is 6.69. The van der Waals surface area contributed by atoms with Gasteiger partial charge in [0.15, 0.2) is 0 Å². The van der Waals surface area contributed by atoms with E-state index in [4.69, 9.17) is 0 Å². The Bertz CT molecular complexity index is 247. The summed E-state index contributed by atoms with van der Waals surface area (Å²) in [5, 5.41) is 6.56. The van der Waals surface area contributed by atoms with Gasteiger partial charge in [-0.3, -0.25) is 4.79 Å². The third-order valence-corrected chi connectivity index (χ3v) is 3.70. The first-order chi connectivity index (χ1) is 8.49. The van der Waals surface area contributed by atoms with Crippen molar-refractivity contribution in [3.05, 3.63) is 0 Å². The van der Waals surface area contributed by atoms with Crippen molar-refractivity contribution in [2.75, 3.05) is 0 Å². The highest BCUT2D eigenvalue weighted by Gasteiger charge is 2.20. The van der Waals surface area contributed by atoms with E-state index >= 15 is 0 Å². The Morgan fingerprint density at radius 3 is 2.28 bits per heavy atom. The number of amides is 1. The lowest BCUT2D eigenvalue weighted by atomic mass is 9.95. The average molecular weight is 254 g/mol. The Balaban J connectivity index is 2.27. The van der Waals surface area contributed by atoms with E-state index in [0.717, 1.165) is 19.3 Å².